The molecule has 1 aromatic carbocycles. The standard InChI is InChI=1S/C13H12F7NO2/c1-21(2)10(22)7-23-9-5-3-8(4-6-9)11(14,12(15,16)17)13(18,19)20/h3-6H,7H2,1-2H3. The number of alkyl halides is 7. The van der Waals surface area contributed by atoms with Crippen LogP contribution in [0.15, 0.2) is 24.3 Å². The molecule has 23 heavy (non-hydrogen) atoms. The minimum atomic E-state index is -6.17. The maximum absolute atomic E-state index is 13.7. The van der Waals surface area contributed by atoms with Crippen LogP contribution in [0.3, 0.4) is 0 Å². The summed E-state index contributed by atoms with van der Waals surface area (Å²) >= 11 is 0. The van der Waals surface area contributed by atoms with Crippen molar-refractivity contribution in [3.05, 3.63) is 29.8 Å². The van der Waals surface area contributed by atoms with Gasteiger partial charge in [-0.2, -0.15) is 26.3 Å². The predicted molar refractivity (Wildman–Crippen MR) is 65.5 cm³/mol. The van der Waals surface area contributed by atoms with Crippen LogP contribution < -0.4 is 4.74 Å². The van der Waals surface area contributed by atoms with E-state index in [2.05, 4.69) is 0 Å². The molecule has 0 unspecified atom stereocenters. The van der Waals surface area contributed by atoms with E-state index in [1.54, 1.807) is 0 Å². The number of carbonyl (C=O) groups is 1. The van der Waals surface area contributed by atoms with Gasteiger partial charge < -0.3 is 9.64 Å². The SMILES string of the molecule is CN(C)C(=O)COc1ccc(C(F)(C(F)(F)F)C(F)(F)F)cc1. The number of amides is 1. The molecule has 0 bridgehead atoms. The highest BCUT2D eigenvalue weighted by Gasteiger charge is 2.73. The monoisotopic (exact) mass is 347 g/mol. The molecule has 0 fully saturated rings. The molecule has 0 aliphatic heterocycles. The minimum Gasteiger partial charge on any atom is -0.484 e. The Balaban J connectivity index is 3.04. The Kier molecular flexibility index (Phi) is 5.17. The fourth-order valence-corrected chi connectivity index (χ4v) is 1.54. The topological polar surface area (TPSA) is 29.5 Å². The van der Waals surface area contributed by atoms with Gasteiger partial charge in [0.1, 0.15) is 5.75 Å². The lowest BCUT2D eigenvalue weighted by atomic mass is 9.94. The molecule has 10 heteroatoms. The van der Waals surface area contributed by atoms with Crippen LogP contribution in [0.2, 0.25) is 0 Å². The third-order valence-electron chi connectivity index (χ3n) is 2.89. The minimum absolute atomic E-state index is 0.171. The van der Waals surface area contributed by atoms with Crippen LogP contribution >= 0.6 is 0 Å². The molecule has 0 aromatic heterocycles. The molecule has 0 spiro atoms. The normalized spacial score (nSPS) is 12.9. The number of ether oxygens (including phenoxy) is 1. The highest BCUT2D eigenvalue weighted by Crippen LogP contribution is 2.53. The van der Waals surface area contributed by atoms with Gasteiger partial charge in [0.2, 0.25) is 0 Å². The number of rotatable bonds is 4. The quantitative estimate of drug-likeness (QED) is 0.781. The van der Waals surface area contributed by atoms with Crippen molar-refractivity contribution in [2.45, 2.75) is 18.0 Å². The van der Waals surface area contributed by atoms with Gasteiger partial charge in [-0.15, -0.1) is 0 Å². The third kappa shape index (κ3) is 3.85. The number of hydrogen-bond acceptors (Lipinski definition) is 2. The van der Waals surface area contributed by atoms with Crippen LogP contribution in [0.4, 0.5) is 30.7 Å². The largest absolute Gasteiger partial charge is 0.484 e. The maximum Gasteiger partial charge on any atom is 0.435 e. The van der Waals surface area contributed by atoms with Crippen LogP contribution in [0.25, 0.3) is 0 Å². The number of benzene rings is 1. The Hall–Kier alpha value is -2.00. The number of likely N-dealkylation sites (N-methyl/N-ethyl adjacent to an activating group) is 1. The molecule has 3 nitrogen and oxygen atoms in total. The lowest BCUT2D eigenvalue weighted by molar-refractivity contribution is -0.348. The first kappa shape index (κ1) is 19.0. The van der Waals surface area contributed by atoms with Gasteiger partial charge in [-0.1, -0.05) is 12.1 Å². The van der Waals surface area contributed by atoms with Gasteiger partial charge >= 0.3 is 18.0 Å². The Morgan fingerprint density at radius 3 is 1.74 bits per heavy atom. The Morgan fingerprint density at radius 2 is 1.39 bits per heavy atom. The van der Waals surface area contributed by atoms with Gasteiger partial charge in [-0.25, -0.2) is 4.39 Å². The smallest absolute Gasteiger partial charge is 0.435 e. The van der Waals surface area contributed by atoms with Crippen molar-refractivity contribution < 1.29 is 40.3 Å². The summed E-state index contributed by atoms with van der Waals surface area (Å²) in [6, 6.07) is 2.08. The van der Waals surface area contributed by atoms with Gasteiger partial charge in [-0.3, -0.25) is 4.79 Å². The number of carbonyl (C=O) groups excluding carboxylic acids is 1. The van der Waals surface area contributed by atoms with E-state index in [-0.39, 0.29) is 5.75 Å². The van der Waals surface area contributed by atoms with Crippen LogP contribution in [0.1, 0.15) is 5.56 Å². The van der Waals surface area contributed by atoms with Gasteiger partial charge in [0.05, 0.1) is 0 Å². The summed E-state index contributed by atoms with van der Waals surface area (Å²) in [4.78, 5) is 12.4. The molecule has 0 atom stereocenters. The van der Waals surface area contributed by atoms with Gasteiger partial charge in [0.25, 0.3) is 5.91 Å². The van der Waals surface area contributed by atoms with Crippen molar-refractivity contribution in [3.8, 4) is 5.75 Å². The van der Waals surface area contributed by atoms with E-state index in [4.69, 9.17) is 4.74 Å². The molecule has 0 aliphatic carbocycles. The Bertz CT molecular complexity index is 535. The number of halogens is 7. The van der Waals surface area contributed by atoms with E-state index in [0.29, 0.717) is 12.1 Å². The Labute approximate surface area is 126 Å². The second-order valence-corrected chi connectivity index (χ2v) is 4.76. The van der Waals surface area contributed by atoms with E-state index in [1.165, 1.54) is 19.0 Å². The predicted octanol–water partition coefficient (Wildman–Crippen LogP) is 3.44. The zero-order valence-corrected chi connectivity index (χ0v) is 11.9. The van der Waals surface area contributed by atoms with Crippen molar-refractivity contribution >= 4 is 5.91 Å². The van der Waals surface area contributed by atoms with Crippen molar-refractivity contribution in [2.24, 2.45) is 0 Å². The summed E-state index contributed by atoms with van der Waals surface area (Å²) in [6.07, 6.45) is -12.3. The zero-order chi connectivity index (χ0) is 18.1. The van der Waals surface area contributed by atoms with Gasteiger partial charge in [0.15, 0.2) is 6.61 Å². The number of hydrogen-bond donors (Lipinski definition) is 0. The molecule has 0 N–H and O–H groups in total. The molecule has 1 amide bonds. The highest BCUT2D eigenvalue weighted by molar-refractivity contribution is 5.77. The molecule has 0 heterocycles. The summed E-state index contributed by atoms with van der Waals surface area (Å²) in [5.74, 6) is -0.643. The van der Waals surface area contributed by atoms with E-state index in [1.807, 2.05) is 0 Å². The van der Waals surface area contributed by atoms with Crippen molar-refractivity contribution in [1.82, 2.24) is 4.90 Å². The second-order valence-electron chi connectivity index (χ2n) is 4.76. The number of nitrogens with zero attached hydrogens (tertiary/aromatic N) is 1. The van der Waals surface area contributed by atoms with Crippen LogP contribution in [0.5, 0.6) is 5.75 Å². The zero-order valence-electron chi connectivity index (χ0n) is 11.9. The van der Waals surface area contributed by atoms with E-state index < -0.39 is 36.1 Å². The lowest BCUT2D eigenvalue weighted by Gasteiger charge is -2.30. The van der Waals surface area contributed by atoms with Crippen LogP contribution in [-0.2, 0) is 10.5 Å². The summed E-state index contributed by atoms with van der Waals surface area (Å²) in [5, 5.41) is 0. The molecule has 0 saturated heterocycles. The molecule has 0 aliphatic rings. The first-order chi connectivity index (χ1) is 10.3. The molecule has 1 rings (SSSR count). The molecule has 1 aromatic rings. The molecule has 130 valence electrons. The first-order valence-corrected chi connectivity index (χ1v) is 6.06. The van der Waals surface area contributed by atoms with E-state index >= 15 is 0 Å². The first-order valence-electron chi connectivity index (χ1n) is 6.06. The summed E-state index contributed by atoms with van der Waals surface area (Å²) < 4.78 is 93.9. The molecular formula is C13H12F7NO2. The van der Waals surface area contributed by atoms with E-state index in [0.717, 1.165) is 12.1 Å². The average Bonchev–Trinajstić information content (AvgIpc) is 2.41. The average molecular weight is 347 g/mol. The maximum atomic E-state index is 13.7. The molecule has 0 radical (unpaired) electrons. The summed E-state index contributed by atoms with van der Waals surface area (Å²) in [6.45, 7) is -0.467. The fourth-order valence-electron chi connectivity index (χ4n) is 1.54. The van der Waals surface area contributed by atoms with Crippen molar-refractivity contribution in [2.75, 3.05) is 20.7 Å². The second kappa shape index (κ2) is 6.25. The molecular weight excluding hydrogens is 335 g/mol. The third-order valence-corrected chi connectivity index (χ3v) is 2.89. The lowest BCUT2D eigenvalue weighted by Crippen LogP contribution is -2.50. The highest BCUT2D eigenvalue weighted by atomic mass is 19.4. The van der Waals surface area contributed by atoms with Gasteiger partial charge in [-0.05, 0) is 12.1 Å². The van der Waals surface area contributed by atoms with Crippen molar-refractivity contribution in [3.63, 3.8) is 0 Å². The summed E-state index contributed by atoms with van der Waals surface area (Å²) in [7, 11) is 2.86. The fraction of sp³-hybridized carbons (Fsp3) is 0.462. The van der Waals surface area contributed by atoms with Crippen LogP contribution in [-0.4, -0.2) is 43.9 Å². The van der Waals surface area contributed by atoms with Crippen molar-refractivity contribution in [1.29, 1.82) is 0 Å². The Morgan fingerprint density at radius 1 is 0.957 bits per heavy atom. The molecule has 0 saturated carbocycles. The van der Waals surface area contributed by atoms with Gasteiger partial charge in [0, 0.05) is 19.7 Å². The van der Waals surface area contributed by atoms with Crippen LogP contribution in [0, 0.1) is 0 Å². The summed E-state index contributed by atoms with van der Waals surface area (Å²) in [5.41, 5.74) is -7.11. The van der Waals surface area contributed by atoms with E-state index in [9.17, 15) is 35.5 Å².